The summed E-state index contributed by atoms with van der Waals surface area (Å²) in [5.74, 6) is -1.57. The molecule has 0 N–H and O–H groups in total. The molecule has 39 heavy (non-hydrogen) atoms. The first kappa shape index (κ1) is 26.3. The van der Waals surface area contributed by atoms with Crippen LogP contribution in [0.25, 0.3) is 22.2 Å². The van der Waals surface area contributed by atoms with Crippen molar-refractivity contribution in [1.82, 2.24) is 14.5 Å². The van der Waals surface area contributed by atoms with Gasteiger partial charge in [0, 0.05) is 29.8 Å². The summed E-state index contributed by atoms with van der Waals surface area (Å²) in [6, 6.07) is 12.8. The van der Waals surface area contributed by atoms with Crippen molar-refractivity contribution in [3.05, 3.63) is 83.2 Å². The fourth-order valence-corrected chi connectivity index (χ4v) is 4.84. The van der Waals surface area contributed by atoms with Gasteiger partial charge in [0.15, 0.2) is 11.6 Å². The van der Waals surface area contributed by atoms with E-state index in [1.54, 1.807) is 44.9 Å². The maximum absolute atomic E-state index is 14.3. The number of hydrogen-bond acceptors (Lipinski definition) is 5. The fraction of sp³-hybridized carbons (Fsp3) is 0.300. The van der Waals surface area contributed by atoms with Gasteiger partial charge in [-0.25, -0.2) is 18.6 Å². The molecule has 4 aromatic rings. The molecule has 2 aromatic carbocycles. The smallest absolute Gasteiger partial charge is 0.419 e. The minimum atomic E-state index is -1.08. The molecule has 0 spiro atoms. The third kappa shape index (κ3) is 4.62. The molecule has 0 saturated heterocycles. The molecule has 0 radical (unpaired) electrons. The van der Waals surface area contributed by atoms with Crippen LogP contribution in [0, 0.1) is 11.6 Å². The summed E-state index contributed by atoms with van der Waals surface area (Å²) in [5, 5.41) is 0.296. The Bertz CT molecular complexity index is 1620. The zero-order valence-corrected chi connectivity index (χ0v) is 22.6. The first-order chi connectivity index (χ1) is 18.3. The molecule has 0 aliphatic carbocycles. The van der Waals surface area contributed by atoms with Crippen LogP contribution in [0.4, 0.5) is 13.6 Å². The van der Waals surface area contributed by atoms with Gasteiger partial charge in [-0.05, 0) is 70.5 Å². The molecule has 0 unspecified atom stereocenters. The Labute approximate surface area is 225 Å². The van der Waals surface area contributed by atoms with Crippen molar-refractivity contribution >= 4 is 22.9 Å². The number of carbonyl (C=O) groups is 2. The number of rotatable bonds is 4. The zero-order valence-electron chi connectivity index (χ0n) is 22.6. The molecule has 5 rings (SSSR count). The number of halogens is 2. The molecule has 0 bridgehead atoms. The van der Waals surface area contributed by atoms with Gasteiger partial charge in [-0.3, -0.25) is 9.36 Å². The Morgan fingerprint density at radius 2 is 1.67 bits per heavy atom. The maximum atomic E-state index is 14.3. The second-order valence-electron chi connectivity index (χ2n) is 11.1. The number of ether oxygens (including phenoxy) is 2. The van der Waals surface area contributed by atoms with Gasteiger partial charge in [-0.15, -0.1) is 0 Å². The van der Waals surface area contributed by atoms with Gasteiger partial charge in [0.2, 0.25) is 0 Å². The summed E-state index contributed by atoms with van der Waals surface area (Å²) in [6.45, 7) is 9.35. The average Bonchev–Trinajstić information content (AvgIpc) is 3.32. The monoisotopic (exact) mass is 533 g/mol. The quantitative estimate of drug-likeness (QED) is 0.293. The molecule has 1 aliphatic rings. The summed E-state index contributed by atoms with van der Waals surface area (Å²) in [6.07, 6.45) is 0.734. The van der Waals surface area contributed by atoms with Crippen LogP contribution in [-0.2, 0) is 16.8 Å². The Morgan fingerprint density at radius 3 is 2.31 bits per heavy atom. The standard InChI is InChI=1S/C30H29F2N3O4/c1-29(2,3)39-28(37)34-16-21(20-13-22(31)23(32)14-25(20)34)24-12-11-19-26(33-24)30(4,5)35(27(19)36)15-17-7-9-18(38-6)10-8-17/h7-14,16H,15H2,1-6H3. The van der Waals surface area contributed by atoms with E-state index < -0.39 is 28.9 Å². The number of nitrogens with zero attached hydrogens (tertiary/aromatic N) is 3. The molecule has 3 heterocycles. The first-order valence-corrected chi connectivity index (χ1v) is 12.5. The SMILES string of the molecule is COc1ccc(CN2C(=O)c3ccc(-c4cn(C(=O)OC(C)(C)C)c5cc(F)c(F)cc45)nc3C2(C)C)cc1. The molecule has 0 fully saturated rings. The van der Waals surface area contributed by atoms with Crippen molar-refractivity contribution in [3.8, 4) is 17.0 Å². The van der Waals surface area contributed by atoms with E-state index in [0.717, 1.165) is 28.0 Å². The third-order valence-corrected chi connectivity index (χ3v) is 6.84. The van der Waals surface area contributed by atoms with Gasteiger partial charge in [-0.2, -0.15) is 0 Å². The van der Waals surface area contributed by atoms with Gasteiger partial charge in [-0.1, -0.05) is 12.1 Å². The van der Waals surface area contributed by atoms with E-state index >= 15 is 0 Å². The number of methoxy groups -OCH3 is 1. The van der Waals surface area contributed by atoms with Gasteiger partial charge in [0.05, 0.1) is 35.1 Å². The number of benzene rings is 2. The van der Waals surface area contributed by atoms with Crippen LogP contribution in [0.5, 0.6) is 5.75 Å². The Hall–Kier alpha value is -4.27. The van der Waals surface area contributed by atoms with E-state index in [4.69, 9.17) is 14.5 Å². The lowest BCUT2D eigenvalue weighted by atomic mass is 9.98. The predicted octanol–water partition coefficient (Wildman–Crippen LogP) is 6.66. The van der Waals surface area contributed by atoms with Crippen LogP contribution in [0.15, 0.2) is 54.7 Å². The summed E-state index contributed by atoms with van der Waals surface area (Å²) in [5.41, 5.74) is 1.37. The highest BCUT2D eigenvalue weighted by Crippen LogP contribution is 2.41. The lowest BCUT2D eigenvalue weighted by Crippen LogP contribution is -2.38. The average molecular weight is 534 g/mol. The van der Waals surface area contributed by atoms with Gasteiger partial charge in [0.25, 0.3) is 5.91 Å². The van der Waals surface area contributed by atoms with E-state index in [9.17, 15) is 18.4 Å². The van der Waals surface area contributed by atoms with Crippen molar-refractivity contribution in [2.24, 2.45) is 0 Å². The lowest BCUT2D eigenvalue weighted by molar-refractivity contribution is 0.0542. The van der Waals surface area contributed by atoms with Gasteiger partial charge in [0.1, 0.15) is 11.4 Å². The largest absolute Gasteiger partial charge is 0.497 e. The minimum absolute atomic E-state index is 0.150. The van der Waals surface area contributed by atoms with Crippen molar-refractivity contribution < 1.29 is 27.8 Å². The molecule has 202 valence electrons. The summed E-state index contributed by atoms with van der Waals surface area (Å²) < 4.78 is 40.4. The highest BCUT2D eigenvalue weighted by Gasteiger charge is 2.44. The van der Waals surface area contributed by atoms with Crippen LogP contribution >= 0.6 is 0 Å². The summed E-state index contributed by atoms with van der Waals surface area (Å²) in [4.78, 5) is 32.9. The summed E-state index contributed by atoms with van der Waals surface area (Å²) >= 11 is 0. The second kappa shape index (κ2) is 9.18. The fourth-order valence-electron chi connectivity index (χ4n) is 4.84. The normalized spacial score (nSPS) is 14.6. The molecular formula is C30H29F2N3O4. The predicted molar refractivity (Wildman–Crippen MR) is 143 cm³/mol. The van der Waals surface area contributed by atoms with Crippen molar-refractivity contribution in [3.63, 3.8) is 0 Å². The molecule has 0 atom stereocenters. The number of hydrogen-bond donors (Lipinski definition) is 0. The molecule has 9 heteroatoms. The van der Waals surface area contributed by atoms with Crippen LogP contribution in [0.2, 0.25) is 0 Å². The highest BCUT2D eigenvalue weighted by atomic mass is 19.2. The topological polar surface area (TPSA) is 73.7 Å². The first-order valence-electron chi connectivity index (χ1n) is 12.5. The van der Waals surface area contributed by atoms with Crippen molar-refractivity contribution in [2.75, 3.05) is 7.11 Å². The number of amides is 1. The highest BCUT2D eigenvalue weighted by molar-refractivity contribution is 6.02. The molecular weight excluding hydrogens is 504 g/mol. The van der Waals surface area contributed by atoms with E-state index in [2.05, 4.69) is 0 Å². The maximum Gasteiger partial charge on any atom is 0.419 e. The number of pyridine rings is 1. The Kier molecular flexibility index (Phi) is 6.20. The minimum Gasteiger partial charge on any atom is -0.497 e. The van der Waals surface area contributed by atoms with Crippen LogP contribution in [0.3, 0.4) is 0 Å². The van der Waals surface area contributed by atoms with E-state index in [1.165, 1.54) is 6.20 Å². The number of carbonyl (C=O) groups excluding carboxylic acids is 2. The summed E-state index contributed by atoms with van der Waals surface area (Å²) in [7, 11) is 1.60. The number of fused-ring (bicyclic) bond motifs is 2. The number of aromatic nitrogens is 2. The molecule has 2 aromatic heterocycles. The van der Waals surface area contributed by atoms with Crippen LogP contribution in [-0.4, -0.2) is 39.2 Å². The third-order valence-electron chi connectivity index (χ3n) is 6.84. The Morgan fingerprint density at radius 1 is 1.00 bits per heavy atom. The lowest BCUT2D eigenvalue weighted by Gasteiger charge is -2.32. The Balaban J connectivity index is 1.58. The van der Waals surface area contributed by atoms with Crippen LogP contribution in [0.1, 0.15) is 56.2 Å². The van der Waals surface area contributed by atoms with E-state index in [1.807, 2.05) is 38.1 Å². The van der Waals surface area contributed by atoms with Crippen LogP contribution < -0.4 is 4.74 Å². The van der Waals surface area contributed by atoms with Crippen molar-refractivity contribution in [1.29, 1.82) is 0 Å². The molecule has 7 nitrogen and oxygen atoms in total. The van der Waals surface area contributed by atoms with E-state index in [-0.39, 0.29) is 11.4 Å². The molecule has 1 aliphatic heterocycles. The van der Waals surface area contributed by atoms with Gasteiger partial charge >= 0.3 is 6.09 Å². The molecule has 1 amide bonds. The van der Waals surface area contributed by atoms with Gasteiger partial charge < -0.3 is 14.4 Å². The zero-order chi connectivity index (χ0) is 28.3. The van der Waals surface area contributed by atoms with E-state index in [0.29, 0.717) is 34.4 Å². The second-order valence-corrected chi connectivity index (χ2v) is 11.1. The van der Waals surface area contributed by atoms with Crippen molar-refractivity contribution in [2.45, 2.75) is 52.3 Å². The molecule has 0 saturated carbocycles.